The molecule has 3 heteroatoms. The summed E-state index contributed by atoms with van der Waals surface area (Å²) in [5.41, 5.74) is 12.1. The summed E-state index contributed by atoms with van der Waals surface area (Å²) in [4.78, 5) is 2.37. The lowest BCUT2D eigenvalue weighted by atomic mass is 9.96. The Kier molecular flexibility index (Phi) is 7.39. The maximum Gasteiger partial charge on any atom is 0.137 e. The van der Waals surface area contributed by atoms with E-state index < -0.39 is 0 Å². The van der Waals surface area contributed by atoms with E-state index in [0.29, 0.717) is 0 Å². The van der Waals surface area contributed by atoms with Crippen molar-refractivity contribution in [2.24, 2.45) is 0 Å². The van der Waals surface area contributed by atoms with Crippen molar-refractivity contribution < 1.29 is 4.42 Å². The molecule has 0 amide bonds. The van der Waals surface area contributed by atoms with Crippen LogP contribution in [0.3, 0.4) is 0 Å². The first-order valence-corrected chi connectivity index (χ1v) is 19.5. The van der Waals surface area contributed by atoms with Crippen molar-refractivity contribution in [2.75, 3.05) is 4.90 Å². The molecule has 0 radical (unpaired) electrons. The highest BCUT2D eigenvalue weighted by Crippen LogP contribution is 2.45. The summed E-state index contributed by atoms with van der Waals surface area (Å²) in [5.74, 6) is 0. The number of hydrogen-bond donors (Lipinski definition) is 0. The number of anilines is 3. The Bertz CT molecular complexity index is 3200. The molecular formula is C52H33NOS. The van der Waals surface area contributed by atoms with Crippen LogP contribution in [0.2, 0.25) is 0 Å². The van der Waals surface area contributed by atoms with Crippen LogP contribution < -0.4 is 4.90 Å². The second-order valence-electron chi connectivity index (χ2n) is 14.1. The van der Waals surface area contributed by atoms with E-state index in [0.717, 1.165) is 44.6 Å². The van der Waals surface area contributed by atoms with E-state index in [9.17, 15) is 0 Å². The van der Waals surface area contributed by atoms with Crippen molar-refractivity contribution in [2.45, 2.75) is 0 Å². The van der Waals surface area contributed by atoms with E-state index in [1.54, 1.807) is 0 Å². The molecule has 0 saturated heterocycles. The highest BCUT2D eigenvalue weighted by atomic mass is 32.1. The molecule has 2 heterocycles. The monoisotopic (exact) mass is 719 g/mol. The quantitative estimate of drug-likeness (QED) is 0.170. The van der Waals surface area contributed by atoms with Gasteiger partial charge in [-0.05, 0) is 93.2 Å². The van der Waals surface area contributed by atoms with Gasteiger partial charge < -0.3 is 9.32 Å². The molecule has 0 saturated carbocycles. The van der Waals surface area contributed by atoms with E-state index in [-0.39, 0.29) is 0 Å². The molecule has 0 spiro atoms. The van der Waals surface area contributed by atoms with E-state index in [2.05, 4.69) is 193 Å². The number of rotatable bonds is 6. The Morgan fingerprint density at radius 2 is 0.945 bits per heavy atom. The summed E-state index contributed by atoms with van der Waals surface area (Å²) in [6.07, 6.45) is 0. The molecule has 258 valence electrons. The van der Waals surface area contributed by atoms with Crippen LogP contribution in [0.1, 0.15) is 0 Å². The Balaban J connectivity index is 1.02. The second-order valence-corrected chi connectivity index (χ2v) is 15.2. The van der Waals surface area contributed by atoms with Gasteiger partial charge in [0.25, 0.3) is 0 Å². The number of hydrogen-bond acceptors (Lipinski definition) is 3. The summed E-state index contributed by atoms with van der Waals surface area (Å²) in [6, 6.07) is 72.2. The van der Waals surface area contributed by atoms with Crippen molar-refractivity contribution in [3.63, 3.8) is 0 Å². The summed E-state index contributed by atoms with van der Waals surface area (Å²) in [5, 5.41) is 7.36. The molecule has 2 aromatic heterocycles. The largest absolute Gasteiger partial charge is 0.456 e. The minimum atomic E-state index is 0.871. The fourth-order valence-corrected chi connectivity index (χ4v) is 9.30. The van der Waals surface area contributed by atoms with Crippen LogP contribution in [0.5, 0.6) is 0 Å². The van der Waals surface area contributed by atoms with Gasteiger partial charge in [-0.25, -0.2) is 0 Å². The van der Waals surface area contributed by atoms with Gasteiger partial charge in [-0.3, -0.25) is 0 Å². The van der Waals surface area contributed by atoms with Crippen LogP contribution in [0.25, 0.3) is 86.3 Å². The first kappa shape index (κ1) is 31.6. The Morgan fingerprint density at radius 3 is 1.82 bits per heavy atom. The standard InChI is InChI=1S/C52H33NOS/c1-2-12-41-36(10-1)11-9-16-42(41)37-22-20-34(21-23-37)35-24-27-39(28-25-35)53(40-29-30-45-44-14-4-7-18-49(44)54-50(45)33-40)48-17-6-3-13-43(48)38-26-31-52-47(32-38)46-15-5-8-19-51(46)55-52/h1-33H. The molecule has 0 fully saturated rings. The van der Waals surface area contributed by atoms with E-state index in [4.69, 9.17) is 4.42 Å². The van der Waals surface area contributed by atoms with Gasteiger partial charge in [-0.1, -0.05) is 140 Å². The third-order valence-corrected chi connectivity index (χ3v) is 12.0. The molecule has 55 heavy (non-hydrogen) atoms. The molecule has 11 rings (SSSR count). The molecule has 0 aliphatic rings. The van der Waals surface area contributed by atoms with Gasteiger partial charge in [-0.15, -0.1) is 11.3 Å². The Hall–Kier alpha value is -6.94. The molecule has 0 atom stereocenters. The van der Waals surface area contributed by atoms with Gasteiger partial charge in [0.15, 0.2) is 0 Å². The first-order valence-electron chi connectivity index (χ1n) is 18.7. The maximum atomic E-state index is 6.43. The third-order valence-electron chi connectivity index (χ3n) is 10.9. The van der Waals surface area contributed by atoms with E-state index in [1.165, 1.54) is 58.8 Å². The fraction of sp³-hybridized carbons (Fsp3) is 0. The third kappa shape index (κ3) is 5.40. The topological polar surface area (TPSA) is 16.4 Å². The zero-order chi connectivity index (χ0) is 36.3. The number of benzene rings is 9. The van der Waals surface area contributed by atoms with Crippen LogP contribution in [0.15, 0.2) is 205 Å². The summed E-state index contributed by atoms with van der Waals surface area (Å²) >= 11 is 1.85. The van der Waals surface area contributed by atoms with Crippen molar-refractivity contribution in [1.82, 2.24) is 0 Å². The molecule has 0 aliphatic heterocycles. The molecule has 0 bridgehead atoms. The lowest BCUT2D eigenvalue weighted by Crippen LogP contribution is -2.11. The van der Waals surface area contributed by atoms with Crippen molar-refractivity contribution in [3.05, 3.63) is 200 Å². The van der Waals surface area contributed by atoms with Crippen molar-refractivity contribution in [3.8, 4) is 33.4 Å². The molecule has 9 aromatic carbocycles. The summed E-state index contributed by atoms with van der Waals surface area (Å²) < 4.78 is 9.04. The van der Waals surface area contributed by atoms with Gasteiger partial charge >= 0.3 is 0 Å². The zero-order valence-electron chi connectivity index (χ0n) is 29.8. The molecule has 0 aliphatic carbocycles. The smallest absolute Gasteiger partial charge is 0.137 e. The van der Waals surface area contributed by atoms with Crippen molar-refractivity contribution in [1.29, 1.82) is 0 Å². The van der Waals surface area contributed by atoms with E-state index >= 15 is 0 Å². The Morgan fingerprint density at radius 1 is 0.345 bits per heavy atom. The molecule has 0 unspecified atom stereocenters. The molecular weight excluding hydrogens is 687 g/mol. The minimum Gasteiger partial charge on any atom is -0.456 e. The van der Waals surface area contributed by atoms with Crippen molar-refractivity contribution >= 4 is 81.3 Å². The predicted molar refractivity (Wildman–Crippen MR) is 235 cm³/mol. The average Bonchev–Trinajstić information content (AvgIpc) is 3.82. The fourth-order valence-electron chi connectivity index (χ4n) is 8.21. The van der Waals surface area contributed by atoms with Gasteiger partial charge in [0, 0.05) is 53.9 Å². The van der Waals surface area contributed by atoms with Gasteiger partial charge in [0.2, 0.25) is 0 Å². The SMILES string of the molecule is c1ccc(N(c2ccc(-c3ccc(-c4cccc5ccccc45)cc3)cc2)c2ccc3c(c2)oc2ccccc23)c(-c2ccc3sc4ccccc4c3c2)c1. The summed E-state index contributed by atoms with van der Waals surface area (Å²) in [7, 11) is 0. The minimum absolute atomic E-state index is 0.871. The van der Waals surface area contributed by atoms with Gasteiger partial charge in [0.05, 0.1) is 5.69 Å². The van der Waals surface area contributed by atoms with Crippen LogP contribution in [0, 0.1) is 0 Å². The van der Waals surface area contributed by atoms with Crippen LogP contribution in [-0.4, -0.2) is 0 Å². The first-order chi connectivity index (χ1) is 27.2. The lowest BCUT2D eigenvalue weighted by molar-refractivity contribution is 0.669. The number of furan rings is 1. The predicted octanol–water partition coefficient (Wildman–Crippen LogP) is 15.6. The maximum absolute atomic E-state index is 6.43. The lowest BCUT2D eigenvalue weighted by Gasteiger charge is -2.28. The number of para-hydroxylation sites is 2. The highest BCUT2D eigenvalue weighted by Gasteiger charge is 2.20. The van der Waals surface area contributed by atoms with Crippen LogP contribution in [0.4, 0.5) is 17.1 Å². The second kappa shape index (κ2) is 12.9. The number of thiophene rings is 1. The number of nitrogens with zero attached hydrogens (tertiary/aromatic N) is 1. The van der Waals surface area contributed by atoms with Gasteiger partial charge in [-0.2, -0.15) is 0 Å². The normalized spacial score (nSPS) is 11.6. The molecule has 11 aromatic rings. The highest BCUT2D eigenvalue weighted by molar-refractivity contribution is 7.25. The number of fused-ring (bicyclic) bond motifs is 7. The van der Waals surface area contributed by atoms with Crippen LogP contribution in [-0.2, 0) is 0 Å². The Labute approximate surface area is 322 Å². The molecule has 0 N–H and O–H groups in total. The average molecular weight is 720 g/mol. The summed E-state index contributed by atoms with van der Waals surface area (Å²) in [6.45, 7) is 0. The van der Waals surface area contributed by atoms with Crippen LogP contribution >= 0.6 is 11.3 Å². The van der Waals surface area contributed by atoms with Gasteiger partial charge in [0.1, 0.15) is 11.2 Å². The molecule has 2 nitrogen and oxygen atoms in total. The zero-order valence-corrected chi connectivity index (χ0v) is 30.6. The van der Waals surface area contributed by atoms with E-state index in [1.807, 2.05) is 23.5 Å².